The van der Waals surface area contributed by atoms with Gasteiger partial charge >= 0.3 is 0 Å². The van der Waals surface area contributed by atoms with Crippen molar-refractivity contribution in [2.24, 2.45) is 0 Å². The summed E-state index contributed by atoms with van der Waals surface area (Å²) in [5.74, 6) is -0.842. The minimum atomic E-state index is -0.619. The van der Waals surface area contributed by atoms with Crippen molar-refractivity contribution < 1.29 is 13.6 Å². The van der Waals surface area contributed by atoms with Crippen LogP contribution < -0.4 is 10.3 Å². The van der Waals surface area contributed by atoms with E-state index in [4.69, 9.17) is 16.4 Å². The molecule has 1 N–H and O–H groups in total. The number of pyridine rings is 1. The first-order valence-corrected chi connectivity index (χ1v) is 5.02. The third kappa shape index (κ3) is 3.04. The lowest BCUT2D eigenvalue weighted by molar-refractivity contribution is 0.399. The van der Waals surface area contributed by atoms with Gasteiger partial charge in [-0.2, -0.15) is 0 Å². The van der Waals surface area contributed by atoms with E-state index in [9.17, 15) is 8.78 Å². The van der Waals surface area contributed by atoms with Gasteiger partial charge < -0.3 is 4.84 Å². The van der Waals surface area contributed by atoms with E-state index in [1.807, 2.05) is 0 Å². The summed E-state index contributed by atoms with van der Waals surface area (Å²) < 4.78 is 26.0. The van der Waals surface area contributed by atoms with Crippen LogP contribution >= 0.6 is 11.6 Å². The van der Waals surface area contributed by atoms with E-state index in [0.29, 0.717) is 5.75 Å². The van der Waals surface area contributed by atoms with Crippen LogP contribution in [0.15, 0.2) is 36.5 Å². The fourth-order valence-electron chi connectivity index (χ4n) is 1.14. The molecule has 3 nitrogen and oxygen atoms in total. The number of benzene rings is 1. The molecule has 0 aliphatic rings. The first-order valence-electron chi connectivity index (χ1n) is 4.64. The smallest absolute Gasteiger partial charge is 0.159 e. The number of halogens is 3. The SMILES string of the molecule is Fc1ccc(F)c(NOc2ccnc(Cl)c2)c1. The molecule has 0 spiro atoms. The first-order chi connectivity index (χ1) is 8.15. The fraction of sp³-hybridized carbons (Fsp3) is 0. The summed E-state index contributed by atoms with van der Waals surface area (Å²) in [5, 5.41) is 0.240. The van der Waals surface area contributed by atoms with Gasteiger partial charge in [-0.05, 0) is 12.1 Å². The molecule has 0 unspecified atom stereocenters. The molecule has 88 valence electrons. The molecule has 0 bridgehead atoms. The maximum Gasteiger partial charge on any atom is 0.159 e. The van der Waals surface area contributed by atoms with E-state index in [2.05, 4.69) is 10.5 Å². The molecule has 1 aromatic heterocycles. The summed E-state index contributed by atoms with van der Waals surface area (Å²) in [7, 11) is 0. The number of hydrogen-bond donors (Lipinski definition) is 1. The summed E-state index contributed by atoms with van der Waals surface area (Å²) in [6.45, 7) is 0. The normalized spacial score (nSPS) is 10.1. The van der Waals surface area contributed by atoms with E-state index in [0.717, 1.165) is 18.2 Å². The molecule has 2 rings (SSSR count). The summed E-state index contributed by atoms with van der Waals surface area (Å²) in [5.41, 5.74) is 2.20. The van der Waals surface area contributed by atoms with Crippen molar-refractivity contribution in [2.75, 3.05) is 5.48 Å². The third-order valence-electron chi connectivity index (χ3n) is 1.91. The molecule has 1 aromatic carbocycles. The quantitative estimate of drug-likeness (QED) is 0.675. The molecular weight excluding hydrogens is 250 g/mol. The third-order valence-corrected chi connectivity index (χ3v) is 2.11. The zero-order valence-corrected chi connectivity index (χ0v) is 9.21. The van der Waals surface area contributed by atoms with Crippen LogP contribution in [0, 0.1) is 11.6 Å². The van der Waals surface area contributed by atoms with Gasteiger partial charge in [0, 0.05) is 24.4 Å². The van der Waals surface area contributed by atoms with Gasteiger partial charge in [0.2, 0.25) is 0 Å². The standard InChI is InChI=1S/C11H7ClF2N2O/c12-11-6-8(3-4-15-11)17-16-10-5-7(13)1-2-9(10)14/h1-6,16H. The number of nitrogens with zero attached hydrogens (tertiary/aromatic N) is 1. The Morgan fingerprint density at radius 3 is 2.76 bits per heavy atom. The second kappa shape index (κ2) is 4.97. The van der Waals surface area contributed by atoms with Crippen LogP contribution in [0.2, 0.25) is 5.15 Å². The minimum Gasteiger partial charge on any atom is -0.382 e. The molecule has 0 fully saturated rings. The van der Waals surface area contributed by atoms with Crippen molar-refractivity contribution in [1.82, 2.24) is 4.98 Å². The van der Waals surface area contributed by atoms with Crippen LogP contribution in [0.3, 0.4) is 0 Å². The molecule has 0 radical (unpaired) electrons. The van der Waals surface area contributed by atoms with Crippen molar-refractivity contribution in [3.63, 3.8) is 0 Å². The van der Waals surface area contributed by atoms with Crippen molar-refractivity contribution in [1.29, 1.82) is 0 Å². The van der Waals surface area contributed by atoms with Crippen molar-refractivity contribution in [3.8, 4) is 5.75 Å². The molecule has 6 heteroatoms. The molecule has 0 atom stereocenters. The second-order valence-electron chi connectivity index (χ2n) is 3.14. The number of rotatable bonds is 3. The highest BCUT2D eigenvalue weighted by Gasteiger charge is 2.04. The van der Waals surface area contributed by atoms with Crippen molar-refractivity contribution in [2.45, 2.75) is 0 Å². The maximum atomic E-state index is 13.2. The average Bonchev–Trinajstić information content (AvgIpc) is 2.30. The van der Waals surface area contributed by atoms with E-state index >= 15 is 0 Å². The first kappa shape index (κ1) is 11.6. The van der Waals surface area contributed by atoms with Gasteiger partial charge in [-0.1, -0.05) is 11.6 Å². The molecular formula is C11H7ClF2N2O. The van der Waals surface area contributed by atoms with Crippen molar-refractivity contribution >= 4 is 17.3 Å². The highest BCUT2D eigenvalue weighted by atomic mass is 35.5. The highest BCUT2D eigenvalue weighted by Crippen LogP contribution is 2.18. The van der Waals surface area contributed by atoms with Crippen molar-refractivity contribution in [3.05, 3.63) is 53.3 Å². The Bertz CT molecular complexity index is 537. The van der Waals surface area contributed by atoms with Crippen LogP contribution in [-0.2, 0) is 0 Å². The van der Waals surface area contributed by atoms with Crippen LogP contribution in [-0.4, -0.2) is 4.98 Å². The van der Waals surface area contributed by atoms with Gasteiger partial charge in [0.25, 0.3) is 0 Å². The molecule has 0 aliphatic carbocycles. The highest BCUT2D eigenvalue weighted by molar-refractivity contribution is 6.29. The number of hydrogen-bond acceptors (Lipinski definition) is 3. The molecule has 1 heterocycles. The second-order valence-corrected chi connectivity index (χ2v) is 3.53. The fourth-order valence-corrected chi connectivity index (χ4v) is 1.30. The lowest BCUT2D eigenvalue weighted by Gasteiger charge is -2.08. The Labute approximate surface area is 101 Å². The lowest BCUT2D eigenvalue weighted by atomic mass is 10.3. The van der Waals surface area contributed by atoms with Crippen LogP contribution in [0.5, 0.6) is 5.75 Å². The van der Waals surface area contributed by atoms with Crippen LogP contribution in [0.4, 0.5) is 14.5 Å². The number of nitrogens with one attached hydrogen (secondary N) is 1. The maximum absolute atomic E-state index is 13.2. The lowest BCUT2D eigenvalue weighted by Crippen LogP contribution is -2.06. The molecule has 2 aromatic rings. The predicted octanol–water partition coefficient (Wildman–Crippen LogP) is 3.42. The molecule has 0 aliphatic heterocycles. The van der Waals surface area contributed by atoms with Crippen LogP contribution in [0.1, 0.15) is 0 Å². The van der Waals surface area contributed by atoms with Gasteiger partial charge in [-0.25, -0.2) is 19.2 Å². The zero-order chi connectivity index (χ0) is 12.3. The number of anilines is 1. The Balaban J connectivity index is 2.09. The van der Waals surface area contributed by atoms with Crippen LogP contribution in [0.25, 0.3) is 0 Å². The zero-order valence-electron chi connectivity index (χ0n) is 8.45. The Morgan fingerprint density at radius 1 is 1.18 bits per heavy atom. The van der Waals surface area contributed by atoms with Gasteiger partial charge in [0.15, 0.2) is 5.75 Å². The Hall–Kier alpha value is -1.88. The van der Waals surface area contributed by atoms with E-state index < -0.39 is 11.6 Å². The summed E-state index contributed by atoms with van der Waals surface area (Å²) in [4.78, 5) is 8.78. The van der Waals surface area contributed by atoms with Gasteiger partial charge in [-0.15, -0.1) is 0 Å². The molecule has 17 heavy (non-hydrogen) atoms. The minimum absolute atomic E-state index is 0.0991. The number of aromatic nitrogens is 1. The molecule has 0 amide bonds. The topological polar surface area (TPSA) is 34.1 Å². The van der Waals surface area contributed by atoms with Gasteiger partial charge in [0.1, 0.15) is 22.5 Å². The van der Waals surface area contributed by atoms with E-state index in [1.165, 1.54) is 18.3 Å². The predicted molar refractivity (Wildman–Crippen MR) is 59.9 cm³/mol. The van der Waals surface area contributed by atoms with Gasteiger partial charge in [-0.3, -0.25) is 0 Å². The largest absolute Gasteiger partial charge is 0.382 e. The summed E-state index contributed by atoms with van der Waals surface area (Å²) in [6.07, 6.45) is 1.43. The van der Waals surface area contributed by atoms with E-state index in [-0.39, 0.29) is 10.8 Å². The monoisotopic (exact) mass is 256 g/mol. The Morgan fingerprint density at radius 2 is 2.00 bits per heavy atom. The summed E-state index contributed by atoms with van der Waals surface area (Å²) in [6, 6.07) is 5.96. The van der Waals surface area contributed by atoms with Gasteiger partial charge in [0.05, 0.1) is 0 Å². The summed E-state index contributed by atoms with van der Waals surface area (Å²) >= 11 is 5.63. The van der Waals surface area contributed by atoms with E-state index in [1.54, 1.807) is 0 Å². The molecule has 0 saturated heterocycles. The Kier molecular flexibility index (Phi) is 3.39. The average molecular weight is 257 g/mol. The molecule has 0 saturated carbocycles.